The summed E-state index contributed by atoms with van der Waals surface area (Å²) in [6.07, 6.45) is 14.2. The van der Waals surface area contributed by atoms with Gasteiger partial charge < -0.3 is 9.42 Å². The molecule has 5 heteroatoms. The van der Waals surface area contributed by atoms with Crippen LogP contribution >= 0.6 is 18.2 Å². The Morgan fingerprint density at radius 1 is 0.810 bits per heavy atom. The Morgan fingerprint density at radius 2 is 1.29 bits per heavy atom. The minimum absolute atomic E-state index is 0.420. The summed E-state index contributed by atoms with van der Waals surface area (Å²) in [5, 5.41) is 0. The summed E-state index contributed by atoms with van der Waals surface area (Å²) >= 11 is 1.10. The van der Waals surface area contributed by atoms with E-state index in [9.17, 15) is 9.46 Å². The summed E-state index contributed by atoms with van der Waals surface area (Å²) in [4.78, 5) is 9.69. The number of hydrogen-bond donors (Lipinski definition) is 1. The van der Waals surface area contributed by atoms with E-state index in [1.165, 1.54) is 51.4 Å². The van der Waals surface area contributed by atoms with Crippen molar-refractivity contribution in [2.45, 2.75) is 90.9 Å². The smallest absolute Gasteiger partial charge is 0.316 e. The van der Waals surface area contributed by atoms with Crippen LogP contribution in [0.3, 0.4) is 0 Å². The van der Waals surface area contributed by atoms with Crippen molar-refractivity contribution in [1.29, 1.82) is 0 Å². The zero-order valence-electron chi connectivity index (χ0n) is 14.0. The lowest BCUT2D eigenvalue weighted by Gasteiger charge is -2.11. The third kappa shape index (κ3) is 16.7. The maximum atomic E-state index is 11.8. The zero-order chi connectivity index (χ0) is 15.8. The van der Waals surface area contributed by atoms with Crippen LogP contribution in [0.2, 0.25) is 0 Å². The largest absolute Gasteiger partial charge is 0.386 e. The van der Waals surface area contributed by atoms with E-state index in [2.05, 4.69) is 13.8 Å². The maximum Gasteiger partial charge on any atom is 0.386 e. The summed E-state index contributed by atoms with van der Waals surface area (Å²) < 4.78 is 16.9. The van der Waals surface area contributed by atoms with Gasteiger partial charge in [-0.2, -0.15) is 0 Å². The number of unbranched alkanes of at least 4 members (excludes halogenated alkanes) is 10. The summed E-state index contributed by atoms with van der Waals surface area (Å²) in [5.74, 6) is 0.733. The molecular weight excluding hydrogens is 303 g/mol. The fourth-order valence-electron chi connectivity index (χ4n) is 2.16. The Balaban J connectivity index is 3.37. The maximum absolute atomic E-state index is 11.8. The molecule has 0 fully saturated rings. The van der Waals surface area contributed by atoms with E-state index < -0.39 is 6.80 Å². The van der Waals surface area contributed by atoms with Gasteiger partial charge in [0.25, 0.3) is 0 Å². The second-order valence-electron chi connectivity index (χ2n) is 5.67. The van der Waals surface area contributed by atoms with Gasteiger partial charge in [0, 0.05) is 5.75 Å². The molecule has 0 aromatic rings. The molecule has 0 aliphatic carbocycles. The van der Waals surface area contributed by atoms with Crippen LogP contribution in [0, 0.1) is 0 Å². The van der Waals surface area contributed by atoms with Crippen molar-refractivity contribution in [3.63, 3.8) is 0 Å². The average molecular weight is 338 g/mol. The van der Waals surface area contributed by atoms with E-state index in [4.69, 9.17) is 4.52 Å². The molecular formula is C16H35O3PS. The Morgan fingerprint density at radius 3 is 1.86 bits per heavy atom. The minimum atomic E-state index is -3.40. The third-order valence-electron chi connectivity index (χ3n) is 3.50. The first-order valence-electron chi connectivity index (χ1n) is 8.74. The summed E-state index contributed by atoms with van der Waals surface area (Å²) in [7, 11) is 0. The summed E-state index contributed by atoms with van der Waals surface area (Å²) in [5.41, 5.74) is 0. The molecule has 1 unspecified atom stereocenters. The molecule has 0 bridgehead atoms. The molecule has 1 atom stereocenters. The Kier molecular flexibility index (Phi) is 15.8. The highest BCUT2D eigenvalue weighted by Gasteiger charge is 2.19. The van der Waals surface area contributed by atoms with Crippen LogP contribution in [0.4, 0.5) is 0 Å². The lowest BCUT2D eigenvalue weighted by Crippen LogP contribution is -1.92. The SMILES string of the molecule is CCCCCCCCOP(=O)(O)SCCCCCCCC. The van der Waals surface area contributed by atoms with Gasteiger partial charge in [-0.05, 0) is 24.2 Å². The zero-order valence-corrected chi connectivity index (χ0v) is 15.7. The number of rotatable bonds is 16. The molecule has 0 amide bonds. The van der Waals surface area contributed by atoms with Gasteiger partial charge in [-0.15, -0.1) is 0 Å². The van der Waals surface area contributed by atoms with Gasteiger partial charge >= 0.3 is 6.80 Å². The van der Waals surface area contributed by atoms with Crippen molar-refractivity contribution in [2.75, 3.05) is 12.4 Å². The highest BCUT2D eigenvalue weighted by atomic mass is 32.7. The third-order valence-corrected chi connectivity index (χ3v) is 6.65. The van der Waals surface area contributed by atoms with Crippen LogP contribution in [0.1, 0.15) is 90.9 Å². The Labute approximate surface area is 135 Å². The van der Waals surface area contributed by atoms with Crippen LogP contribution in [-0.2, 0) is 9.09 Å². The average Bonchev–Trinajstić information content (AvgIpc) is 2.45. The molecule has 3 nitrogen and oxygen atoms in total. The van der Waals surface area contributed by atoms with Crippen molar-refractivity contribution >= 4 is 18.2 Å². The van der Waals surface area contributed by atoms with Crippen molar-refractivity contribution in [2.24, 2.45) is 0 Å². The molecule has 0 radical (unpaired) electrons. The van der Waals surface area contributed by atoms with Crippen molar-refractivity contribution in [3.05, 3.63) is 0 Å². The Hall–Kier alpha value is 0.500. The van der Waals surface area contributed by atoms with Crippen LogP contribution in [0.15, 0.2) is 0 Å². The number of hydrogen-bond acceptors (Lipinski definition) is 3. The molecule has 0 aliphatic heterocycles. The van der Waals surface area contributed by atoms with Gasteiger partial charge in [-0.3, -0.25) is 0 Å². The molecule has 0 aromatic heterocycles. The molecule has 0 saturated carbocycles. The van der Waals surface area contributed by atoms with E-state index in [0.29, 0.717) is 6.61 Å². The minimum Gasteiger partial charge on any atom is -0.316 e. The first-order chi connectivity index (χ1) is 10.1. The van der Waals surface area contributed by atoms with E-state index >= 15 is 0 Å². The highest BCUT2D eigenvalue weighted by molar-refractivity contribution is 8.54. The first kappa shape index (κ1) is 21.5. The molecule has 21 heavy (non-hydrogen) atoms. The predicted octanol–water partition coefficient (Wildman–Crippen LogP) is 6.56. The summed E-state index contributed by atoms with van der Waals surface area (Å²) in [6, 6.07) is 0. The molecule has 0 saturated heterocycles. The van der Waals surface area contributed by atoms with Gasteiger partial charge in [0.15, 0.2) is 0 Å². The second kappa shape index (κ2) is 15.4. The first-order valence-corrected chi connectivity index (χ1v) is 11.9. The van der Waals surface area contributed by atoms with E-state index in [1.54, 1.807) is 0 Å². The lowest BCUT2D eigenvalue weighted by atomic mass is 10.1. The fourth-order valence-corrected chi connectivity index (χ4v) is 4.69. The predicted molar refractivity (Wildman–Crippen MR) is 95.0 cm³/mol. The van der Waals surface area contributed by atoms with E-state index in [0.717, 1.165) is 42.8 Å². The quantitative estimate of drug-likeness (QED) is 0.256. The van der Waals surface area contributed by atoms with Crippen molar-refractivity contribution in [3.8, 4) is 0 Å². The van der Waals surface area contributed by atoms with Crippen LogP contribution in [0.5, 0.6) is 0 Å². The molecule has 0 heterocycles. The van der Waals surface area contributed by atoms with Gasteiger partial charge in [0.2, 0.25) is 0 Å². The van der Waals surface area contributed by atoms with Crippen molar-refractivity contribution < 1.29 is 14.0 Å². The molecule has 0 aromatic carbocycles. The Bertz CT molecular complexity index is 240. The van der Waals surface area contributed by atoms with Gasteiger partial charge in [0.05, 0.1) is 6.61 Å². The standard InChI is InChI=1S/C16H35O3PS/c1-3-5-7-9-11-13-15-19-20(17,18)21-16-14-12-10-8-6-4-2/h3-16H2,1-2H3,(H,17,18). The van der Waals surface area contributed by atoms with Crippen LogP contribution in [0.25, 0.3) is 0 Å². The lowest BCUT2D eigenvalue weighted by molar-refractivity contribution is 0.268. The molecule has 128 valence electrons. The molecule has 0 rings (SSSR count). The van der Waals surface area contributed by atoms with Gasteiger partial charge in [-0.1, -0.05) is 78.1 Å². The van der Waals surface area contributed by atoms with Gasteiger partial charge in [0.1, 0.15) is 0 Å². The normalized spacial score (nSPS) is 14.2. The molecule has 0 spiro atoms. The summed E-state index contributed by atoms with van der Waals surface area (Å²) in [6.45, 7) is 1.43. The molecule has 1 N–H and O–H groups in total. The van der Waals surface area contributed by atoms with Crippen LogP contribution in [-0.4, -0.2) is 17.3 Å². The van der Waals surface area contributed by atoms with E-state index in [-0.39, 0.29) is 0 Å². The second-order valence-corrected chi connectivity index (χ2v) is 9.69. The topological polar surface area (TPSA) is 46.5 Å². The highest BCUT2D eigenvalue weighted by Crippen LogP contribution is 2.55. The fraction of sp³-hybridized carbons (Fsp3) is 1.00. The van der Waals surface area contributed by atoms with Gasteiger partial charge in [-0.25, -0.2) is 4.57 Å². The van der Waals surface area contributed by atoms with E-state index in [1.807, 2.05) is 0 Å². The van der Waals surface area contributed by atoms with Crippen molar-refractivity contribution in [1.82, 2.24) is 0 Å². The monoisotopic (exact) mass is 338 g/mol. The van der Waals surface area contributed by atoms with Crippen LogP contribution < -0.4 is 0 Å². The molecule has 0 aliphatic rings.